The van der Waals surface area contributed by atoms with Gasteiger partial charge in [-0.25, -0.2) is 0 Å². The van der Waals surface area contributed by atoms with Crippen molar-refractivity contribution in [2.24, 2.45) is 5.92 Å². The van der Waals surface area contributed by atoms with Gasteiger partial charge in [0.2, 0.25) is 0 Å². The third kappa shape index (κ3) is 7.39. The minimum atomic E-state index is -0.329. The lowest BCUT2D eigenvalue weighted by atomic mass is 10.1. The van der Waals surface area contributed by atoms with E-state index in [1.807, 2.05) is 48.5 Å². The molecule has 1 amide bonds. The summed E-state index contributed by atoms with van der Waals surface area (Å²) in [6.07, 6.45) is 0.756. The van der Waals surface area contributed by atoms with Gasteiger partial charge in [-0.15, -0.1) is 0 Å². The lowest BCUT2D eigenvalue weighted by Gasteiger charge is -2.14. The monoisotopic (exact) mass is 448 g/mol. The molecule has 5 nitrogen and oxygen atoms in total. The van der Waals surface area contributed by atoms with Crippen LogP contribution in [-0.2, 0) is 6.42 Å². The Balaban J connectivity index is 1.56. The van der Waals surface area contributed by atoms with Crippen LogP contribution in [0.2, 0.25) is 0 Å². The summed E-state index contributed by atoms with van der Waals surface area (Å²) in [7, 11) is 0. The van der Waals surface area contributed by atoms with E-state index in [0.717, 1.165) is 17.9 Å². The van der Waals surface area contributed by atoms with Gasteiger partial charge in [0.05, 0.1) is 18.8 Å². The number of benzene rings is 3. The first kappa shape index (κ1) is 23.3. The van der Waals surface area contributed by atoms with Gasteiger partial charge in [-0.05, 0) is 48.0 Å². The van der Waals surface area contributed by atoms with Crippen LogP contribution in [0.25, 0.3) is 0 Å². The zero-order valence-electron chi connectivity index (χ0n) is 18.3. The number of carbonyl (C=O) groups is 1. The number of ether oxygens (including phenoxy) is 2. The molecule has 0 saturated heterocycles. The third-order valence-corrected chi connectivity index (χ3v) is 4.73. The van der Waals surface area contributed by atoms with Gasteiger partial charge in [-0.1, -0.05) is 62.4 Å². The fraction of sp³-hybridized carbons (Fsp3) is 0.231. The van der Waals surface area contributed by atoms with Crippen LogP contribution in [0.5, 0.6) is 11.5 Å². The molecule has 0 atom stereocenters. The first-order chi connectivity index (χ1) is 15.5. The zero-order valence-corrected chi connectivity index (χ0v) is 19.2. The molecular weight excluding hydrogens is 420 g/mol. The van der Waals surface area contributed by atoms with Gasteiger partial charge in [-0.3, -0.25) is 10.1 Å². The molecule has 0 fully saturated rings. The molecular formula is C26H28N2O3S. The molecule has 0 aromatic heterocycles. The van der Waals surface area contributed by atoms with Crippen molar-refractivity contribution in [2.45, 2.75) is 20.3 Å². The maximum Gasteiger partial charge on any atom is 0.261 e. The second kappa shape index (κ2) is 11.9. The summed E-state index contributed by atoms with van der Waals surface area (Å²) in [5.74, 6) is 1.37. The molecule has 2 N–H and O–H groups in total. The summed E-state index contributed by atoms with van der Waals surface area (Å²) in [5, 5.41) is 5.96. The van der Waals surface area contributed by atoms with E-state index in [9.17, 15) is 4.79 Å². The van der Waals surface area contributed by atoms with Gasteiger partial charge in [0.25, 0.3) is 5.91 Å². The lowest BCUT2D eigenvalue weighted by Crippen LogP contribution is -2.34. The highest BCUT2D eigenvalue weighted by molar-refractivity contribution is 7.80. The molecule has 0 bridgehead atoms. The van der Waals surface area contributed by atoms with Crippen molar-refractivity contribution in [1.29, 1.82) is 0 Å². The highest BCUT2D eigenvalue weighted by Crippen LogP contribution is 2.20. The van der Waals surface area contributed by atoms with Crippen molar-refractivity contribution in [3.05, 3.63) is 90.0 Å². The topological polar surface area (TPSA) is 59.6 Å². The van der Waals surface area contributed by atoms with Crippen molar-refractivity contribution in [2.75, 3.05) is 18.5 Å². The van der Waals surface area contributed by atoms with Gasteiger partial charge in [-0.2, -0.15) is 0 Å². The fourth-order valence-corrected chi connectivity index (χ4v) is 3.17. The van der Waals surface area contributed by atoms with Crippen LogP contribution < -0.4 is 20.1 Å². The minimum Gasteiger partial charge on any atom is -0.493 e. The number of nitrogens with one attached hydrogen (secondary N) is 2. The Morgan fingerprint density at radius 3 is 2.47 bits per heavy atom. The van der Waals surface area contributed by atoms with Gasteiger partial charge in [0.1, 0.15) is 11.5 Å². The molecule has 32 heavy (non-hydrogen) atoms. The van der Waals surface area contributed by atoms with Crippen molar-refractivity contribution >= 4 is 28.9 Å². The molecule has 0 aliphatic rings. The van der Waals surface area contributed by atoms with E-state index >= 15 is 0 Å². The fourth-order valence-electron chi connectivity index (χ4n) is 2.96. The van der Waals surface area contributed by atoms with Crippen molar-refractivity contribution in [1.82, 2.24) is 5.32 Å². The molecule has 3 aromatic carbocycles. The van der Waals surface area contributed by atoms with Crippen LogP contribution in [0, 0.1) is 5.92 Å². The minimum absolute atomic E-state index is 0.204. The molecule has 0 aliphatic heterocycles. The summed E-state index contributed by atoms with van der Waals surface area (Å²) in [6.45, 7) is 5.29. The van der Waals surface area contributed by atoms with Gasteiger partial charge in [0, 0.05) is 18.2 Å². The first-order valence-corrected chi connectivity index (χ1v) is 11.0. The Kier molecular flexibility index (Phi) is 8.63. The number of hydrogen-bond donors (Lipinski definition) is 2. The van der Waals surface area contributed by atoms with Crippen LogP contribution in [0.15, 0.2) is 78.9 Å². The average molecular weight is 449 g/mol. The van der Waals surface area contributed by atoms with E-state index in [-0.39, 0.29) is 11.0 Å². The number of para-hydroxylation sites is 1. The average Bonchev–Trinajstić information content (AvgIpc) is 2.79. The van der Waals surface area contributed by atoms with Crippen molar-refractivity contribution in [3.8, 4) is 11.5 Å². The number of anilines is 1. The standard InChI is InChI=1S/C26H28N2O3S/c1-19(2)18-31-22-12-8-11-21(17-22)27-26(32)28-25(29)23-13-6-7-14-24(23)30-16-15-20-9-4-3-5-10-20/h3-14,17,19H,15-16,18H2,1-2H3,(H2,27,28,29,32). The molecule has 3 aromatic rings. The molecule has 0 radical (unpaired) electrons. The Morgan fingerprint density at radius 1 is 0.938 bits per heavy atom. The molecule has 0 aliphatic carbocycles. The Hall–Kier alpha value is -3.38. The molecule has 166 valence electrons. The lowest BCUT2D eigenvalue weighted by molar-refractivity contribution is 0.0974. The van der Waals surface area contributed by atoms with Gasteiger partial charge < -0.3 is 14.8 Å². The molecule has 0 heterocycles. The highest BCUT2D eigenvalue weighted by Gasteiger charge is 2.14. The van der Waals surface area contributed by atoms with E-state index in [4.69, 9.17) is 21.7 Å². The largest absolute Gasteiger partial charge is 0.493 e. The second-order valence-electron chi connectivity index (χ2n) is 7.72. The Bertz CT molecular complexity index is 1040. The van der Waals surface area contributed by atoms with Crippen LogP contribution in [0.1, 0.15) is 29.8 Å². The summed E-state index contributed by atoms with van der Waals surface area (Å²) >= 11 is 5.33. The predicted molar refractivity (Wildman–Crippen MR) is 133 cm³/mol. The van der Waals surface area contributed by atoms with E-state index in [2.05, 4.69) is 36.6 Å². The van der Waals surface area contributed by atoms with Crippen LogP contribution in [0.4, 0.5) is 5.69 Å². The SMILES string of the molecule is CC(C)COc1cccc(NC(=S)NC(=O)c2ccccc2OCCc2ccccc2)c1. The number of carbonyl (C=O) groups excluding carboxylic acids is 1. The summed E-state index contributed by atoms with van der Waals surface area (Å²) < 4.78 is 11.6. The summed E-state index contributed by atoms with van der Waals surface area (Å²) in [6, 6.07) is 24.7. The molecule has 0 spiro atoms. The molecule has 3 rings (SSSR count). The number of rotatable bonds is 9. The van der Waals surface area contributed by atoms with Crippen LogP contribution >= 0.6 is 12.2 Å². The van der Waals surface area contributed by atoms with E-state index < -0.39 is 0 Å². The van der Waals surface area contributed by atoms with E-state index in [1.165, 1.54) is 5.56 Å². The summed E-state index contributed by atoms with van der Waals surface area (Å²) in [4.78, 5) is 12.8. The number of thiocarbonyl (C=S) groups is 1. The molecule has 6 heteroatoms. The maximum atomic E-state index is 12.8. The molecule has 0 unspecified atom stereocenters. The summed E-state index contributed by atoms with van der Waals surface area (Å²) in [5.41, 5.74) is 2.35. The predicted octanol–water partition coefficient (Wildman–Crippen LogP) is 5.47. The van der Waals surface area contributed by atoms with E-state index in [1.54, 1.807) is 18.2 Å². The van der Waals surface area contributed by atoms with Gasteiger partial charge >= 0.3 is 0 Å². The third-order valence-electron chi connectivity index (χ3n) is 4.53. The van der Waals surface area contributed by atoms with E-state index in [0.29, 0.717) is 30.4 Å². The quantitative estimate of drug-likeness (QED) is 0.425. The highest BCUT2D eigenvalue weighted by atomic mass is 32.1. The van der Waals surface area contributed by atoms with Crippen LogP contribution in [0.3, 0.4) is 0 Å². The normalized spacial score (nSPS) is 10.5. The Morgan fingerprint density at radius 2 is 1.69 bits per heavy atom. The zero-order chi connectivity index (χ0) is 22.8. The Labute approximate surface area is 194 Å². The smallest absolute Gasteiger partial charge is 0.261 e. The van der Waals surface area contributed by atoms with Gasteiger partial charge in [0.15, 0.2) is 5.11 Å². The van der Waals surface area contributed by atoms with Crippen LogP contribution in [-0.4, -0.2) is 24.2 Å². The molecule has 0 saturated carbocycles. The van der Waals surface area contributed by atoms with Crippen molar-refractivity contribution in [3.63, 3.8) is 0 Å². The van der Waals surface area contributed by atoms with Crippen molar-refractivity contribution < 1.29 is 14.3 Å². The first-order valence-electron chi connectivity index (χ1n) is 10.6. The maximum absolute atomic E-state index is 12.8. The number of hydrogen-bond acceptors (Lipinski definition) is 4. The number of amides is 1. The second-order valence-corrected chi connectivity index (χ2v) is 8.13.